The smallest absolute Gasteiger partial charge is 0.253 e. The summed E-state index contributed by atoms with van der Waals surface area (Å²) in [4.78, 5) is 14.3. The molecule has 1 amide bonds. The lowest BCUT2D eigenvalue weighted by Crippen LogP contribution is -2.26. The van der Waals surface area contributed by atoms with Crippen molar-refractivity contribution in [2.45, 2.75) is 12.3 Å². The number of hydrogen-bond acceptors (Lipinski definition) is 3. The fraction of sp³-hybridized carbons (Fsp3) is 0.200. The van der Waals surface area contributed by atoms with Crippen LogP contribution in [0.2, 0.25) is 0 Å². The average Bonchev–Trinajstić information content (AvgIpc) is 3.11. The van der Waals surface area contributed by atoms with E-state index in [1.807, 2.05) is 72.5 Å². The number of para-hydroxylation sites is 1. The minimum absolute atomic E-state index is 0.0168. The lowest BCUT2D eigenvalue weighted by Gasteiger charge is -2.16. The maximum absolute atomic E-state index is 12.6. The largest absolute Gasteiger partial charge is 0.337 e. The summed E-state index contributed by atoms with van der Waals surface area (Å²) in [5.74, 6) is 0.978. The Kier molecular flexibility index (Phi) is 5.56. The molecule has 0 atom stereocenters. The molecule has 0 unspecified atom stereocenters. The van der Waals surface area contributed by atoms with Gasteiger partial charge in [0.25, 0.3) is 5.91 Å². The number of rotatable bonds is 6. The van der Waals surface area contributed by atoms with Crippen molar-refractivity contribution >= 4 is 17.7 Å². The third kappa shape index (κ3) is 4.31. The molecule has 4 nitrogen and oxygen atoms in total. The first-order valence-corrected chi connectivity index (χ1v) is 9.49. The van der Waals surface area contributed by atoms with Gasteiger partial charge < -0.3 is 4.90 Å². The molecule has 2 aromatic carbocycles. The zero-order valence-corrected chi connectivity index (χ0v) is 15.2. The van der Waals surface area contributed by atoms with Gasteiger partial charge in [0.15, 0.2) is 0 Å². The second-order valence-electron chi connectivity index (χ2n) is 5.92. The van der Waals surface area contributed by atoms with Gasteiger partial charge >= 0.3 is 0 Å². The molecule has 1 heterocycles. The van der Waals surface area contributed by atoms with E-state index in [0.717, 1.165) is 17.0 Å². The first kappa shape index (κ1) is 17.3. The van der Waals surface area contributed by atoms with E-state index in [-0.39, 0.29) is 5.91 Å². The van der Waals surface area contributed by atoms with Crippen molar-refractivity contribution in [2.24, 2.45) is 0 Å². The highest BCUT2D eigenvalue weighted by Gasteiger charge is 2.13. The number of aromatic nitrogens is 2. The highest BCUT2D eigenvalue weighted by Crippen LogP contribution is 2.14. The van der Waals surface area contributed by atoms with Gasteiger partial charge in [0, 0.05) is 36.7 Å². The molecule has 0 saturated heterocycles. The predicted molar refractivity (Wildman–Crippen MR) is 103 cm³/mol. The van der Waals surface area contributed by atoms with Crippen LogP contribution < -0.4 is 0 Å². The Morgan fingerprint density at radius 2 is 1.80 bits per heavy atom. The molecule has 3 rings (SSSR count). The molecular weight excluding hydrogens is 330 g/mol. The maximum atomic E-state index is 12.6. The number of thioether (sulfide) groups is 1. The Hall–Kier alpha value is -2.53. The van der Waals surface area contributed by atoms with Crippen LogP contribution in [-0.2, 0) is 12.3 Å². The quantitative estimate of drug-likeness (QED) is 0.673. The van der Waals surface area contributed by atoms with Crippen LogP contribution in [0.15, 0.2) is 67.0 Å². The van der Waals surface area contributed by atoms with Crippen molar-refractivity contribution in [1.29, 1.82) is 0 Å². The molecular formula is C20H21N3OS. The monoisotopic (exact) mass is 351 g/mol. The summed E-state index contributed by atoms with van der Waals surface area (Å²) in [7, 11) is 1.82. The minimum atomic E-state index is 0.0168. The fourth-order valence-electron chi connectivity index (χ4n) is 2.64. The molecule has 5 heteroatoms. The third-order valence-corrected chi connectivity index (χ3v) is 4.56. The van der Waals surface area contributed by atoms with Gasteiger partial charge in [-0.3, -0.25) is 4.79 Å². The fourth-order valence-corrected chi connectivity index (χ4v) is 3.17. The van der Waals surface area contributed by atoms with Gasteiger partial charge in [0.05, 0.1) is 11.9 Å². The molecule has 0 N–H and O–H groups in total. The lowest BCUT2D eigenvalue weighted by atomic mass is 10.1. The highest BCUT2D eigenvalue weighted by molar-refractivity contribution is 7.97. The first-order chi connectivity index (χ1) is 12.2. The van der Waals surface area contributed by atoms with E-state index in [0.29, 0.717) is 12.1 Å². The van der Waals surface area contributed by atoms with E-state index >= 15 is 0 Å². The summed E-state index contributed by atoms with van der Waals surface area (Å²) < 4.78 is 1.82. The van der Waals surface area contributed by atoms with Crippen molar-refractivity contribution in [2.75, 3.05) is 13.3 Å². The van der Waals surface area contributed by atoms with Crippen molar-refractivity contribution < 1.29 is 4.79 Å². The van der Waals surface area contributed by atoms with E-state index in [9.17, 15) is 4.79 Å². The van der Waals surface area contributed by atoms with Gasteiger partial charge in [-0.25, -0.2) is 4.68 Å². The summed E-state index contributed by atoms with van der Waals surface area (Å²) in [6, 6.07) is 17.8. The Balaban J connectivity index is 1.66. The minimum Gasteiger partial charge on any atom is -0.337 e. The molecule has 0 aliphatic heterocycles. The standard InChI is InChI=1S/C20H21N3OS/c1-22(20(24)18-10-8-16(9-11-18)15-25-2)13-17-12-21-23(14-17)19-6-4-3-5-7-19/h3-12,14H,13,15H2,1-2H3. The van der Waals surface area contributed by atoms with Crippen LogP contribution in [-0.4, -0.2) is 33.9 Å². The second-order valence-corrected chi connectivity index (χ2v) is 6.79. The SMILES string of the molecule is CSCc1ccc(C(=O)N(C)Cc2cnn(-c3ccccc3)c2)cc1. The molecule has 128 valence electrons. The van der Waals surface area contributed by atoms with Crippen LogP contribution in [0.25, 0.3) is 5.69 Å². The number of benzene rings is 2. The second kappa shape index (κ2) is 8.03. The molecule has 0 spiro atoms. The van der Waals surface area contributed by atoms with Crippen LogP contribution in [0.3, 0.4) is 0 Å². The van der Waals surface area contributed by atoms with Gasteiger partial charge in [0.1, 0.15) is 0 Å². The van der Waals surface area contributed by atoms with E-state index in [1.54, 1.807) is 22.9 Å². The summed E-state index contributed by atoms with van der Waals surface area (Å²) in [5, 5.41) is 4.38. The third-order valence-electron chi connectivity index (χ3n) is 3.94. The van der Waals surface area contributed by atoms with Gasteiger partial charge in [-0.1, -0.05) is 30.3 Å². The molecule has 0 radical (unpaired) electrons. The maximum Gasteiger partial charge on any atom is 0.253 e. The molecule has 0 bridgehead atoms. The Labute approximate surface area is 152 Å². The summed E-state index contributed by atoms with van der Waals surface area (Å²) >= 11 is 1.77. The van der Waals surface area contributed by atoms with Crippen LogP contribution in [0.5, 0.6) is 0 Å². The highest BCUT2D eigenvalue weighted by atomic mass is 32.2. The number of nitrogens with zero attached hydrogens (tertiary/aromatic N) is 3. The predicted octanol–water partition coefficient (Wildman–Crippen LogP) is 4.01. The summed E-state index contributed by atoms with van der Waals surface area (Å²) in [6.45, 7) is 0.526. The van der Waals surface area contributed by atoms with Crippen molar-refractivity contribution in [3.63, 3.8) is 0 Å². The van der Waals surface area contributed by atoms with Crippen LogP contribution in [0.4, 0.5) is 0 Å². The summed E-state index contributed by atoms with van der Waals surface area (Å²) in [5.41, 5.74) is 3.95. The number of carbonyl (C=O) groups is 1. The Morgan fingerprint density at radius 3 is 2.48 bits per heavy atom. The van der Waals surface area contributed by atoms with Crippen molar-refractivity contribution in [3.05, 3.63) is 83.7 Å². The zero-order chi connectivity index (χ0) is 17.6. The molecule has 0 aliphatic rings. The van der Waals surface area contributed by atoms with Crippen molar-refractivity contribution in [1.82, 2.24) is 14.7 Å². The van der Waals surface area contributed by atoms with E-state index in [4.69, 9.17) is 0 Å². The number of hydrogen-bond donors (Lipinski definition) is 0. The molecule has 25 heavy (non-hydrogen) atoms. The van der Waals surface area contributed by atoms with Crippen molar-refractivity contribution in [3.8, 4) is 5.69 Å². The topological polar surface area (TPSA) is 38.1 Å². The Bertz CT molecular complexity index is 828. The number of carbonyl (C=O) groups excluding carboxylic acids is 1. The summed E-state index contributed by atoms with van der Waals surface area (Å²) in [6.07, 6.45) is 5.83. The van der Waals surface area contributed by atoms with Crippen LogP contribution >= 0.6 is 11.8 Å². The molecule has 0 fully saturated rings. The van der Waals surface area contributed by atoms with Gasteiger partial charge in [-0.15, -0.1) is 0 Å². The lowest BCUT2D eigenvalue weighted by molar-refractivity contribution is 0.0785. The van der Waals surface area contributed by atoms with E-state index in [2.05, 4.69) is 11.4 Å². The van der Waals surface area contributed by atoms with E-state index < -0.39 is 0 Å². The Morgan fingerprint density at radius 1 is 1.08 bits per heavy atom. The van der Waals surface area contributed by atoms with Gasteiger partial charge in [0.2, 0.25) is 0 Å². The zero-order valence-electron chi connectivity index (χ0n) is 14.4. The molecule has 0 aliphatic carbocycles. The van der Waals surface area contributed by atoms with Gasteiger partial charge in [-0.05, 0) is 36.1 Å². The molecule has 0 saturated carbocycles. The normalized spacial score (nSPS) is 10.6. The molecule has 3 aromatic rings. The van der Waals surface area contributed by atoms with E-state index in [1.165, 1.54) is 5.56 Å². The van der Waals surface area contributed by atoms with Crippen LogP contribution in [0.1, 0.15) is 21.5 Å². The van der Waals surface area contributed by atoms with Crippen LogP contribution in [0, 0.1) is 0 Å². The first-order valence-electron chi connectivity index (χ1n) is 8.09. The van der Waals surface area contributed by atoms with Gasteiger partial charge in [-0.2, -0.15) is 16.9 Å². The average molecular weight is 351 g/mol. The number of amides is 1. The molecule has 1 aromatic heterocycles.